The first-order valence-corrected chi connectivity index (χ1v) is 5.40. The molecular weight excluding hydrogens is 313 g/mol. The second kappa shape index (κ2) is 4.78. The summed E-state index contributed by atoms with van der Waals surface area (Å²) in [4.78, 5) is -0.572. The fourth-order valence-corrected chi connectivity index (χ4v) is 2.15. The number of hydrogen-bond donors (Lipinski definition) is 0. The zero-order valence-corrected chi connectivity index (χ0v) is 9.92. The van der Waals surface area contributed by atoms with E-state index in [9.17, 15) is 26.3 Å². The van der Waals surface area contributed by atoms with Crippen molar-refractivity contribution in [2.75, 3.05) is 0 Å². The van der Waals surface area contributed by atoms with Crippen molar-refractivity contribution in [2.45, 2.75) is 16.6 Å². The van der Waals surface area contributed by atoms with E-state index in [-0.39, 0.29) is 0 Å². The molecule has 0 nitrogen and oxygen atoms in total. The maximum atomic E-state index is 12.3. The van der Waals surface area contributed by atoms with Gasteiger partial charge in [-0.05, 0) is 23.9 Å². The summed E-state index contributed by atoms with van der Waals surface area (Å²) in [6.45, 7) is 0. The molecule has 0 saturated heterocycles. The molecule has 1 aromatic carbocycles. The third-order valence-corrected chi connectivity index (χ3v) is 3.08. The van der Waals surface area contributed by atoms with Gasteiger partial charge in [0.15, 0.2) is 0 Å². The van der Waals surface area contributed by atoms with Crippen molar-refractivity contribution in [3.8, 4) is 0 Å². The predicted octanol–water partition coefficient (Wildman–Crippen LogP) is 5.62. The lowest BCUT2D eigenvalue weighted by molar-refractivity contribution is -0.137. The van der Waals surface area contributed by atoms with E-state index in [1.807, 2.05) is 0 Å². The van der Waals surface area contributed by atoms with Crippen LogP contribution >= 0.6 is 35.0 Å². The molecule has 0 aromatic heterocycles. The fourth-order valence-electron chi connectivity index (χ4n) is 0.949. The highest BCUT2D eigenvalue weighted by Crippen LogP contribution is 2.44. The molecule has 1 aromatic rings. The van der Waals surface area contributed by atoms with Crippen LogP contribution in [-0.4, -0.2) is 5.51 Å². The lowest BCUT2D eigenvalue weighted by atomic mass is 10.2. The number of thioether (sulfide) groups is 1. The van der Waals surface area contributed by atoms with Crippen LogP contribution in [0.1, 0.15) is 5.56 Å². The maximum Gasteiger partial charge on any atom is 0.446 e. The molecule has 0 aliphatic carbocycles. The Balaban J connectivity index is 3.19. The van der Waals surface area contributed by atoms with E-state index < -0.39 is 44.0 Å². The molecule has 1 rings (SSSR count). The van der Waals surface area contributed by atoms with Crippen LogP contribution in [0.3, 0.4) is 0 Å². The molecule has 0 N–H and O–H groups in total. The second-order valence-electron chi connectivity index (χ2n) is 2.81. The lowest BCUT2D eigenvalue weighted by Gasteiger charge is -2.12. The average Bonchev–Trinajstić information content (AvgIpc) is 2.06. The van der Waals surface area contributed by atoms with E-state index in [0.29, 0.717) is 12.1 Å². The number of rotatable bonds is 1. The lowest BCUT2D eigenvalue weighted by Crippen LogP contribution is -2.07. The molecule has 0 aliphatic heterocycles. The highest BCUT2D eigenvalue weighted by Gasteiger charge is 2.36. The van der Waals surface area contributed by atoms with Gasteiger partial charge in [-0.3, -0.25) is 0 Å². The van der Waals surface area contributed by atoms with Crippen LogP contribution in [0.2, 0.25) is 10.0 Å². The average molecular weight is 315 g/mol. The molecule has 0 spiro atoms. The van der Waals surface area contributed by atoms with Crippen molar-refractivity contribution in [3.63, 3.8) is 0 Å². The van der Waals surface area contributed by atoms with Gasteiger partial charge in [0.25, 0.3) is 0 Å². The van der Waals surface area contributed by atoms with Gasteiger partial charge < -0.3 is 0 Å². The van der Waals surface area contributed by atoms with Gasteiger partial charge >= 0.3 is 11.7 Å². The number of alkyl halides is 6. The topological polar surface area (TPSA) is 0 Å². The third kappa shape index (κ3) is 4.15. The Kier molecular flexibility index (Phi) is 4.16. The van der Waals surface area contributed by atoms with E-state index in [1.54, 1.807) is 0 Å². The van der Waals surface area contributed by atoms with Crippen molar-refractivity contribution in [3.05, 3.63) is 27.7 Å². The summed E-state index contributed by atoms with van der Waals surface area (Å²) in [5, 5.41) is -1.47. The van der Waals surface area contributed by atoms with E-state index in [2.05, 4.69) is 0 Å². The van der Waals surface area contributed by atoms with Crippen molar-refractivity contribution < 1.29 is 26.3 Å². The van der Waals surface area contributed by atoms with Gasteiger partial charge in [-0.2, -0.15) is 26.3 Å². The van der Waals surface area contributed by atoms with Crippen LogP contribution in [0.25, 0.3) is 0 Å². The van der Waals surface area contributed by atoms with Gasteiger partial charge in [0, 0.05) is 4.90 Å². The van der Waals surface area contributed by atoms with Crippen molar-refractivity contribution in [1.29, 1.82) is 0 Å². The summed E-state index contributed by atoms with van der Waals surface area (Å²) in [5.74, 6) is 0. The molecule has 0 heterocycles. The van der Waals surface area contributed by atoms with Crippen LogP contribution in [0.15, 0.2) is 17.0 Å². The molecule has 0 bridgehead atoms. The minimum absolute atomic E-state index is 0.373. The Labute approximate surface area is 106 Å². The highest BCUT2D eigenvalue weighted by atomic mass is 35.5. The molecular formula is C8H2Cl2F6S. The van der Waals surface area contributed by atoms with Gasteiger partial charge in [0.1, 0.15) is 0 Å². The second-order valence-corrected chi connectivity index (χ2v) is 4.73. The minimum atomic E-state index is -4.76. The van der Waals surface area contributed by atoms with Gasteiger partial charge in [-0.1, -0.05) is 23.2 Å². The summed E-state index contributed by atoms with van der Waals surface area (Å²) in [5.41, 5.74) is -5.91. The molecule has 0 aliphatic rings. The van der Waals surface area contributed by atoms with Gasteiger partial charge in [0.05, 0.1) is 15.6 Å². The number of benzene rings is 1. The predicted molar refractivity (Wildman–Crippen MR) is 53.4 cm³/mol. The molecule has 0 unspecified atom stereocenters. The summed E-state index contributed by atoms with van der Waals surface area (Å²) in [6, 6.07) is 0.919. The zero-order valence-electron chi connectivity index (χ0n) is 7.59. The summed E-state index contributed by atoms with van der Waals surface area (Å²) in [7, 11) is 0. The first-order chi connectivity index (χ1) is 7.50. The van der Waals surface area contributed by atoms with Crippen molar-refractivity contribution >= 4 is 35.0 Å². The Morgan fingerprint density at radius 1 is 0.882 bits per heavy atom. The van der Waals surface area contributed by atoms with Crippen molar-refractivity contribution in [2.24, 2.45) is 0 Å². The molecule has 0 saturated carbocycles. The van der Waals surface area contributed by atoms with E-state index in [1.165, 1.54) is 0 Å². The number of halogens is 8. The standard InChI is InChI=1S/C8H2Cl2F6S/c9-4-2-6(17-8(14,15)16)5(10)1-3(4)7(11,12)13/h1-2H. The SMILES string of the molecule is FC(F)(F)Sc1cc(Cl)c(C(F)(F)F)cc1Cl. The molecule has 0 atom stereocenters. The quantitative estimate of drug-likeness (QED) is 0.478. The monoisotopic (exact) mass is 314 g/mol. The summed E-state index contributed by atoms with van der Waals surface area (Å²) < 4.78 is 73.1. The Morgan fingerprint density at radius 3 is 1.82 bits per heavy atom. The van der Waals surface area contributed by atoms with Crippen LogP contribution in [0.4, 0.5) is 26.3 Å². The van der Waals surface area contributed by atoms with Gasteiger partial charge in [0.2, 0.25) is 0 Å². The minimum Gasteiger partial charge on any atom is -0.166 e. The van der Waals surface area contributed by atoms with Crippen LogP contribution in [-0.2, 0) is 6.18 Å². The Hall–Kier alpha value is -0.270. The molecule has 9 heteroatoms. The fraction of sp³-hybridized carbons (Fsp3) is 0.250. The largest absolute Gasteiger partial charge is 0.446 e. The van der Waals surface area contributed by atoms with Gasteiger partial charge in [-0.25, -0.2) is 0 Å². The normalized spacial score (nSPS) is 12.9. The first kappa shape index (κ1) is 14.8. The molecule has 0 radical (unpaired) electrons. The van der Waals surface area contributed by atoms with Crippen molar-refractivity contribution in [1.82, 2.24) is 0 Å². The summed E-state index contributed by atoms with van der Waals surface area (Å²) >= 11 is 9.97. The Morgan fingerprint density at radius 2 is 1.41 bits per heavy atom. The zero-order chi connectivity index (χ0) is 13.4. The molecule has 96 valence electrons. The van der Waals surface area contributed by atoms with E-state index in [0.717, 1.165) is 0 Å². The molecule has 17 heavy (non-hydrogen) atoms. The number of hydrogen-bond acceptors (Lipinski definition) is 1. The van der Waals surface area contributed by atoms with E-state index >= 15 is 0 Å². The Bertz CT molecular complexity index is 425. The third-order valence-electron chi connectivity index (χ3n) is 1.55. The van der Waals surface area contributed by atoms with E-state index in [4.69, 9.17) is 23.2 Å². The summed E-state index contributed by atoms with van der Waals surface area (Å²) in [6.07, 6.45) is -4.76. The highest BCUT2D eigenvalue weighted by molar-refractivity contribution is 8.00. The van der Waals surface area contributed by atoms with Crippen LogP contribution < -0.4 is 0 Å². The molecule has 0 amide bonds. The molecule has 0 fully saturated rings. The smallest absolute Gasteiger partial charge is 0.166 e. The van der Waals surface area contributed by atoms with Gasteiger partial charge in [-0.15, -0.1) is 0 Å². The maximum absolute atomic E-state index is 12.3. The first-order valence-electron chi connectivity index (χ1n) is 3.82. The van der Waals surface area contributed by atoms with Crippen LogP contribution in [0, 0.1) is 0 Å². The van der Waals surface area contributed by atoms with Crippen LogP contribution in [0.5, 0.6) is 0 Å².